The van der Waals surface area contributed by atoms with Crippen molar-refractivity contribution in [2.24, 2.45) is 5.73 Å². The van der Waals surface area contributed by atoms with Crippen molar-refractivity contribution < 1.29 is 19.7 Å². The molecule has 2 saturated heterocycles. The number of anilines is 2. The largest absolute Gasteiger partial charge is 0.507 e. The topological polar surface area (TPSA) is 163 Å². The molecule has 0 radical (unpaired) electrons. The molecule has 12 nitrogen and oxygen atoms in total. The SMILES string of the molecule is CC(C)(C)OC(=O)NC1CCN(c2nc(-c3ccccc3O)nc3ccccc23)CC1.NC1CCN(c2nc(-c3ccccc3O)nc3ccccc23)CC1. The lowest BCUT2D eigenvalue weighted by atomic mass is 10.0. The molecule has 8 rings (SSSR count). The second kappa shape index (κ2) is 16.2. The standard InChI is InChI=1S/C24H28N4O3.C19H20N4O/c1-24(2,3)31-23(30)25-16-12-14-28(15-13-16)22-17-8-4-6-10-19(17)26-21(27-22)18-9-5-7-11-20(18)29;20-13-9-11-23(12-10-13)19-14-5-1-3-7-16(14)21-18(22-19)15-6-2-4-8-17(15)24/h4-11,16,29H,12-15H2,1-3H3,(H,25,30);1-8,13,24H,9-12,20H2. The van der Waals surface area contributed by atoms with Crippen LogP contribution in [0.1, 0.15) is 46.5 Å². The molecule has 0 saturated carbocycles. The van der Waals surface area contributed by atoms with Gasteiger partial charge in [0.1, 0.15) is 28.7 Å². The number of piperidine rings is 2. The first-order valence-electron chi connectivity index (χ1n) is 18.9. The minimum absolute atomic E-state index is 0.0665. The molecule has 6 aromatic rings. The van der Waals surface area contributed by atoms with E-state index in [1.165, 1.54) is 0 Å². The van der Waals surface area contributed by atoms with Crippen LogP contribution in [0.15, 0.2) is 97.1 Å². The number of rotatable bonds is 5. The van der Waals surface area contributed by atoms with Gasteiger partial charge in [-0.1, -0.05) is 48.5 Å². The first-order valence-corrected chi connectivity index (χ1v) is 18.9. The normalized spacial score (nSPS) is 15.4. The van der Waals surface area contributed by atoms with E-state index in [2.05, 4.69) is 25.1 Å². The van der Waals surface area contributed by atoms with Crippen LogP contribution in [0.4, 0.5) is 16.4 Å². The molecule has 4 aromatic carbocycles. The van der Waals surface area contributed by atoms with Gasteiger partial charge < -0.3 is 35.8 Å². The number of alkyl carbamates (subject to hydrolysis) is 1. The van der Waals surface area contributed by atoms with Gasteiger partial charge in [-0.15, -0.1) is 0 Å². The van der Waals surface area contributed by atoms with Crippen molar-refractivity contribution in [1.29, 1.82) is 0 Å². The second-order valence-electron chi connectivity index (χ2n) is 15.0. The monoisotopic (exact) mass is 740 g/mol. The maximum atomic E-state index is 12.1. The zero-order valence-electron chi connectivity index (χ0n) is 31.5. The zero-order valence-corrected chi connectivity index (χ0v) is 31.5. The van der Waals surface area contributed by atoms with E-state index in [-0.39, 0.29) is 29.7 Å². The third kappa shape index (κ3) is 8.87. The van der Waals surface area contributed by atoms with Crippen molar-refractivity contribution in [1.82, 2.24) is 25.3 Å². The van der Waals surface area contributed by atoms with E-state index in [1.807, 2.05) is 93.6 Å². The number of nitrogens with two attached hydrogens (primary N) is 1. The van der Waals surface area contributed by atoms with Crippen molar-refractivity contribution >= 4 is 39.5 Å². The first kappa shape index (κ1) is 37.3. The van der Waals surface area contributed by atoms with Crippen LogP contribution in [0, 0.1) is 0 Å². The van der Waals surface area contributed by atoms with Crippen LogP contribution in [-0.4, -0.2) is 80.1 Å². The van der Waals surface area contributed by atoms with E-state index in [4.69, 9.17) is 20.4 Å². The Kier molecular flexibility index (Phi) is 11.0. The van der Waals surface area contributed by atoms with Crippen molar-refractivity contribution in [2.45, 2.75) is 64.1 Å². The molecule has 0 atom stereocenters. The Hall–Kier alpha value is -6.01. The molecule has 1 amide bonds. The summed E-state index contributed by atoms with van der Waals surface area (Å²) in [4.78, 5) is 35.6. The summed E-state index contributed by atoms with van der Waals surface area (Å²) in [5.74, 6) is 3.17. The van der Waals surface area contributed by atoms with Gasteiger partial charge >= 0.3 is 6.09 Å². The molecule has 12 heteroatoms. The van der Waals surface area contributed by atoms with Gasteiger partial charge in [0, 0.05) is 49.0 Å². The Morgan fingerprint density at radius 3 is 1.53 bits per heavy atom. The fraction of sp³-hybridized carbons (Fsp3) is 0.326. The molecule has 5 N–H and O–H groups in total. The number of fused-ring (bicyclic) bond motifs is 2. The van der Waals surface area contributed by atoms with Gasteiger partial charge in [-0.3, -0.25) is 0 Å². The number of benzene rings is 4. The van der Waals surface area contributed by atoms with Crippen LogP contribution in [0.5, 0.6) is 11.5 Å². The van der Waals surface area contributed by atoms with Crippen molar-refractivity contribution in [3.8, 4) is 34.3 Å². The van der Waals surface area contributed by atoms with E-state index in [9.17, 15) is 15.0 Å². The van der Waals surface area contributed by atoms with Gasteiger partial charge in [0.25, 0.3) is 0 Å². The molecule has 4 heterocycles. The van der Waals surface area contributed by atoms with Crippen LogP contribution in [0.3, 0.4) is 0 Å². The van der Waals surface area contributed by atoms with Gasteiger partial charge in [-0.2, -0.15) is 0 Å². The molecular formula is C43H48N8O4. The molecular weight excluding hydrogens is 693 g/mol. The maximum Gasteiger partial charge on any atom is 0.407 e. The fourth-order valence-corrected chi connectivity index (χ4v) is 6.99. The fourth-order valence-electron chi connectivity index (χ4n) is 6.99. The summed E-state index contributed by atoms with van der Waals surface area (Å²) in [5.41, 5.74) is 8.50. The number of nitrogens with zero attached hydrogens (tertiary/aromatic N) is 6. The summed E-state index contributed by atoms with van der Waals surface area (Å²) >= 11 is 0. The first-order chi connectivity index (χ1) is 26.5. The number of ether oxygens (including phenoxy) is 1. The highest BCUT2D eigenvalue weighted by molar-refractivity contribution is 5.92. The van der Waals surface area contributed by atoms with Crippen LogP contribution in [-0.2, 0) is 4.74 Å². The van der Waals surface area contributed by atoms with Gasteiger partial charge in [0.15, 0.2) is 11.6 Å². The average Bonchev–Trinajstić information content (AvgIpc) is 3.17. The van der Waals surface area contributed by atoms with Crippen LogP contribution < -0.4 is 20.9 Å². The third-order valence-electron chi connectivity index (χ3n) is 9.81. The highest BCUT2D eigenvalue weighted by Crippen LogP contribution is 2.34. The Morgan fingerprint density at radius 1 is 0.655 bits per heavy atom. The molecule has 2 aliphatic rings. The zero-order chi connectivity index (χ0) is 38.5. The molecule has 0 aliphatic carbocycles. The Balaban J connectivity index is 0.000000174. The Labute approximate surface area is 321 Å². The lowest BCUT2D eigenvalue weighted by Crippen LogP contribution is -2.46. The number of aromatic nitrogens is 4. The van der Waals surface area contributed by atoms with E-state index in [0.29, 0.717) is 22.8 Å². The number of phenolic OH excluding ortho intramolecular Hbond substituents is 2. The molecule has 2 aliphatic heterocycles. The molecule has 284 valence electrons. The summed E-state index contributed by atoms with van der Waals surface area (Å²) in [6.07, 6.45) is 3.14. The van der Waals surface area contributed by atoms with Crippen molar-refractivity contribution in [2.75, 3.05) is 36.0 Å². The third-order valence-corrected chi connectivity index (χ3v) is 9.81. The van der Waals surface area contributed by atoms with Crippen LogP contribution >= 0.6 is 0 Å². The summed E-state index contributed by atoms with van der Waals surface area (Å²) in [6.45, 7) is 8.86. The lowest BCUT2D eigenvalue weighted by molar-refractivity contribution is 0.0497. The van der Waals surface area contributed by atoms with Crippen molar-refractivity contribution in [3.05, 3.63) is 97.1 Å². The summed E-state index contributed by atoms with van der Waals surface area (Å²) in [6, 6.07) is 30.5. The lowest BCUT2D eigenvalue weighted by Gasteiger charge is -2.34. The summed E-state index contributed by atoms with van der Waals surface area (Å²) in [5, 5.41) is 25.4. The summed E-state index contributed by atoms with van der Waals surface area (Å²) in [7, 11) is 0. The Morgan fingerprint density at radius 2 is 1.07 bits per heavy atom. The molecule has 0 unspecified atom stereocenters. The highest BCUT2D eigenvalue weighted by Gasteiger charge is 2.26. The number of hydrogen-bond donors (Lipinski definition) is 4. The van der Waals surface area contributed by atoms with E-state index in [1.54, 1.807) is 24.3 Å². The van der Waals surface area contributed by atoms with E-state index in [0.717, 1.165) is 85.3 Å². The molecule has 0 bridgehead atoms. The van der Waals surface area contributed by atoms with Gasteiger partial charge in [0.2, 0.25) is 0 Å². The van der Waals surface area contributed by atoms with Crippen molar-refractivity contribution in [3.63, 3.8) is 0 Å². The van der Waals surface area contributed by atoms with E-state index >= 15 is 0 Å². The molecule has 0 spiro atoms. The Bertz CT molecular complexity index is 2280. The smallest absolute Gasteiger partial charge is 0.407 e. The molecule has 2 fully saturated rings. The number of para-hydroxylation sites is 4. The van der Waals surface area contributed by atoms with Gasteiger partial charge in [-0.25, -0.2) is 24.7 Å². The van der Waals surface area contributed by atoms with Gasteiger partial charge in [-0.05, 0) is 95.0 Å². The predicted octanol–water partition coefficient (Wildman–Crippen LogP) is 7.43. The van der Waals surface area contributed by atoms with E-state index < -0.39 is 5.60 Å². The van der Waals surface area contributed by atoms with Gasteiger partial charge in [0.05, 0.1) is 22.2 Å². The summed E-state index contributed by atoms with van der Waals surface area (Å²) < 4.78 is 5.38. The number of amides is 1. The number of phenols is 2. The minimum Gasteiger partial charge on any atom is -0.507 e. The second-order valence-corrected chi connectivity index (χ2v) is 15.0. The number of nitrogens with one attached hydrogen (secondary N) is 1. The number of aromatic hydroxyl groups is 2. The predicted molar refractivity (Wildman–Crippen MR) is 217 cm³/mol. The number of hydrogen-bond acceptors (Lipinski definition) is 11. The van der Waals surface area contributed by atoms with Crippen LogP contribution in [0.2, 0.25) is 0 Å². The maximum absolute atomic E-state index is 12.1. The number of carbonyl (C=O) groups excluding carboxylic acids is 1. The molecule has 2 aromatic heterocycles. The van der Waals surface area contributed by atoms with Crippen LogP contribution in [0.25, 0.3) is 44.6 Å². The highest BCUT2D eigenvalue weighted by atomic mass is 16.6. The quantitative estimate of drug-likeness (QED) is 0.139. The number of carbonyl (C=O) groups is 1. The minimum atomic E-state index is -0.510. The molecule has 55 heavy (non-hydrogen) atoms. The average molecular weight is 741 g/mol.